The van der Waals surface area contributed by atoms with E-state index in [1.165, 1.54) is 14.2 Å². The summed E-state index contributed by atoms with van der Waals surface area (Å²) in [5, 5.41) is 9.07. The number of carbonyl (C=O) groups is 1. The first-order valence-electron chi connectivity index (χ1n) is 4.17. The van der Waals surface area contributed by atoms with Crippen molar-refractivity contribution >= 4 is 21.9 Å². The minimum atomic E-state index is -1.04. The van der Waals surface area contributed by atoms with E-state index in [1.807, 2.05) is 0 Å². The highest BCUT2D eigenvalue weighted by molar-refractivity contribution is 9.10. The molecule has 0 aliphatic heterocycles. The number of carboxylic acids is 1. The van der Waals surface area contributed by atoms with E-state index in [0.29, 0.717) is 15.8 Å². The van der Waals surface area contributed by atoms with E-state index in [4.69, 9.17) is 14.6 Å². The normalized spacial score (nSPS) is 9.87. The Hall–Kier alpha value is -1.23. The predicted octanol–water partition coefficient (Wildman–Crippen LogP) is 2.47. The van der Waals surface area contributed by atoms with Crippen LogP contribution in [0, 0.1) is 6.92 Å². The molecule has 0 unspecified atom stereocenters. The van der Waals surface area contributed by atoms with Crippen molar-refractivity contribution < 1.29 is 19.4 Å². The first-order chi connectivity index (χ1) is 7.02. The third-order valence-corrected chi connectivity index (χ3v) is 2.90. The van der Waals surface area contributed by atoms with Crippen LogP contribution in [0.15, 0.2) is 10.5 Å². The van der Waals surface area contributed by atoms with E-state index in [1.54, 1.807) is 13.0 Å². The van der Waals surface area contributed by atoms with Crippen molar-refractivity contribution in [3.63, 3.8) is 0 Å². The Bertz CT molecular complexity index is 401. The van der Waals surface area contributed by atoms with Crippen LogP contribution in [0.4, 0.5) is 0 Å². The van der Waals surface area contributed by atoms with Crippen molar-refractivity contribution in [2.75, 3.05) is 14.2 Å². The number of benzene rings is 1. The van der Waals surface area contributed by atoms with Gasteiger partial charge in [-0.15, -0.1) is 0 Å². The number of ether oxygens (including phenoxy) is 2. The smallest absolute Gasteiger partial charge is 0.339 e. The Kier molecular flexibility index (Phi) is 3.57. The van der Waals surface area contributed by atoms with Gasteiger partial charge in [-0.25, -0.2) is 4.79 Å². The van der Waals surface area contributed by atoms with E-state index in [-0.39, 0.29) is 11.3 Å². The van der Waals surface area contributed by atoms with Gasteiger partial charge in [-0.2, -0.15) is 0 Å². The molecule has 0 aromatic heterocycles. The fourth-order valence-corrected chi connectivity index (χ4v) is 1.72. The lowest BCUT2D eigenvalue weighted by molar-refractivity contribution is 0.0691. The second-order valence-corrected chi connectivity index (χ2v) is 3.75. The molecule has 0 aliphatic carbocycles. The van der Waals surface area contributed by atoms with Crippen LogP contribution in [-0.4, -0.2) is 25.3 Å². The van der Waals surface area contributed by atoms with E-state index < -0.39 is 5.97 Å². The predicted molar refractivity (Wildman–Crippen MR) is 58.9 cm³/mol. The monoisotopic (exact) mass is 274 g/mol. The standard InChI is InChI=1S/C10H11BrO4/c1-5-6(11)4-7(14-2)9(15-3)8(5)10(12)13/h4H,1-3H3,(H,12,13). The lowest BCUT2D eigenvalue weighted by Crippen LogP contribution is -2.05. The number of carboxylic acid groups (broad SMARTS) is 1. The maximum absolute atomic E-state index is 11.1. The summed E-state index contributed by atoms with van der Waals surface area (Å²) in [5.41, 5.74) is 0.726. The van der Waals surface area contributed by atoms with Crippen LogP contribution in [0.25, 0.3) is 0 Å². The minimum Gasteiger partial charge on any atom is -0.493 e. The van der Waals surface area contributed by atoms with Crippen LogP contribution in [0.1, 0.15) is 15.9 Å². The van der Waals surface area contributed by atoms with E-state index in [9.17, 15) is 4.79 Å². The van der Waals surface area contributed by atoms with Gasteiger partial charge in [-0.3, -0.25) is 0 Å². The topological polar surface area (TPSA) is 55.8 Å². The van der Waals surface area contributed by atoms with Crippen molar-refractivity contribution in [2.24, 2.45) is 0 Å². The lowest BCUT2D eigenvalue weighted by Gasteiger charge is -2.13. The maximum atomic E-state index is 11.1. The van der Waals surface area contributed by atoms with Crippen molar-refractivity contribution in [3.05, 3.63) is 21.7 Å². The summed E-state index contributed by atoms with van der Waals surface area (Å²) in [6, 6.07) is 1.68. The molecule has 82 valence electrons. The number of halogens is 1. The van der Waals surface area contributed by atoms with Gasteiger partial charge in [0.2, 0.25) is 0 Å². The molecule has 0 amide bonds. The average Bonchev–Trinajstić information content (AvgIpc) is 2.20. The second kappa shape index (κ2) is 4.53. The molecule has 5 heteroatoms. The molecule has 0 radical (unpaired) electrons. The largest absolute Gasteiger partial charge is 0.493 e. The Morgan fingerprint density at radius 1 is 1.40 bits per heavy atom. The highest BCUT2D eigenvalue weighted by Crippen LogP contribution is 2.37. The molecule has 0 spiro atoms. The second-order valence-electron chi connectivity index (χ2n) is 2.90. The lowest BCUT2D eigenvalue weighted by atomic mass is 10.1. The molecular formula is C10H11BrO4. The molecule has 1 aromatic carbocycles. The molecule has 0 fully saturated rings. The zero-order valence-corrected chi connectivity index (χ0v) is 10.2. The summed E-state index contributed by atoms with van der Waals surface area (Å²) in [6.45, 7) is 1.70. The zero-order valence-electron chi connectivity index (χ0n) is 8.63. The van der Waals surface area contributed by atoms with E-state index in [2.05, 4.69) is 15.9 Å². The van der Waals surface area contributed by atoms with Crippen LogP contribution >= 0.6 is 15.9 Å². The van der Waals surface area contributed by atoms with Gasteiger partial charge in [-0.05, 0) is 18.6 Å². The fourth-order valence-electron chi connectivity index (χ4n) is 1.31. The average molecular weight is 275 g/mol. The molecule has 0 saturated heterocycles. The Labute approximate surface area is 95.9 Å². The summed E-state index contributed by atoms with van der Waals surface area (Å²) < 4.78 is 10.8. The molecule has 0 heterocycles. The Morgan fingerprint density at radius 3 is 2.40 bits per heavy atom. The van der Waals surface area contributed by atoms with E-state index in [0.717, 1.165) is 0 Å². The summed E-state index contributed by atoms with van der Waals surface area (Å²) in [6.07, 6.45) is 0. The fraction of sp³-hybridized carbons (Fsp3) is 0.300. The van der Waals surface area contributed by atoms with Crippen molar-refractivity contribution in [1.82, 2.24) is 0 Å². The van der Waals surface area contributed by atoms with Gasteiger partial charge in [0.1, 0.15) is 5.56 Å². The summed E-state index contributed by atoms with van der Waals surface area (Å²) in [7, 11) is 2.88. The third kappa shape index (κ3) is 2.07. The number of hydrogen-bond acceptors (Lipinski definition) is 3. The summed E-state index contributed by atoms with van der Waals surface area (Å²) in [4.78, 5) is 11.1. The first-order valence-corrected chi connectivity index (χ1v) is 4.96. The summed E-state index contributed by atoms with van der Waals surface area (Å²) >= 11 is 3.27. The third-order valence-electron chi connectivity index (χ3n) is 2.08. The van der Waals surface area contributed by atoms with Gasteiger partial charge in [0.25, 0.3) is 0 Å². The van der Waals surface area contributed by atoms with Crippen LogP contribution in [0.5, 0.6) is 11.5 Å². The van der Waals surface area contributed by atoms with Gasteiger partial charge in [0.15, 0.2) is 11.5 Å². The number of methoxy groups -OCH3 is 2. The number of aromatic carboxylic acids is 1. The van der Waals surface area contributed by atoms with E-state index >= 15 is 0 Å². The van der Waals surface area contributed by atoms with Crippen molar-refractivity contribution in [3.8, 4) is 11.5 Å². The van der Waals surface area contributed by atoms with Crippen LogP contribution in [-0.2, 0) is 0 Å². The molecule has 4 nitrogen and oxygen atoms in total. The first kappa shape index (κ1) is 11.8. The number of hydrogen-bond donors (Lipinski definition) is 1. The molecule has 0 atom stereocenters. The molecule has 0 aliphatic rings. The van der Waals surface area contributed by atoms with Crippen LogP contribution in [0.2, 0.25) is 0 Å². The molecule has 1 rings (SSSR count). The summed E-state index contributed by atoms with van der Waals surface area (Å²) in [5.74, 6) is -0.401. The van der Waals surface area contributed by atoms with Gasteiger partial charge in [0.05, 0.1) is 14.2 Å². The SMILES string of the molecule is COc1cc(Br)c(C)c(C(=O)O)c1OC. The van der Waals surface area contributed by atoms with Crippen molar-refractivity contribution in [2.45, 2.75) is 6.92 Å². The van der Waals surface area contributed by atoms with Gasteiger partial charge < -0.3 is 14.6 Å². The van der Waals surface area contributed by atoms with Gasteiger partial charge >= 0.3 is 5.97 Å². The number of rotatable bonds is 3. The maximum Gasteiger partial charge on any atom is 0.339 e. The molecule has 1 N–H and O–H groups in total. The van der Waals surface area contributed by atoms with Crippen LogP contribution < -0.4 is 9.47 Å². The zero-order chi connectivity index (χ0) is 11.6. The Balaban J connectivity index is 3.56. The van der Waals surface area contributed by atoms with Gasteiger partial charge in [0, 0.05) is 4.47 Å². The molecular weight excluding hydrogens is 264 g/mol. The van der Waals surface area contributed by atoms with Crippen LogP contribution in [0.3, 0.4) is 0 Å². The molecule has 0 bridgehead atoms. The highest BCUT2D eigenvalue weighted by atomic mass is 79.9. The molecule has 0 saturated carbocycles. The molecule has 15 heavy (non-hydrogen) atoms. The minimum absolute atomic E-state index is 0.115. The Morgan fingerprint density at radius 2 is 2.00 bits per heavy atom. The van der Waals surface area contributed by atoms with Crippen molar-refractivity contribution in [1.29, 1.82) is 0 Å². The van der Waals surface area contributed by atoms with Gasteiger partial charge in [-0.1, -0.05) is 15.9 Å². The highest BCUT2D eigenvalue weighted by Gasteiger charge is 2.21. The quantitative estimate of drug-likeness (QED) is 0.920. The molecule has 1 aromatic rings.